The van der Waals surface area contributed by atoms with Crippen LogP contribution in [0, 0.1) is 5.41 Å². The standard InChI is InChI=1S/C13H20N2O4/c1-12(2)9(16)14(3)7-8-15(12)10(17)13(11(18)19)5-4-6-13/h4-8H2,1-3H3,(H,18,19). The second-order valence-electron chi connectivity index (χ2n) is 5.98. The third-order valence-corrected chi connectivity index (χ3v) is 4.47. The molecule has 0 atom stereocenters. The highest BCUT2D eigenvalue weighted by Gasteiger charge is 2.56. The number of carboxylic acid groups (broad SMARTS) is 1. The Morgan fingerprint density at radius 1 is 1.21 bits per heavy atom. The lowest BCUT2D eigenvalue weighted by Crippen LogP contribution is -2.67. The zero-order valence-corrected chi connectivity index (χ0v) is 11.6. The van der Waals surface area contributed by atoms with Gasteiger partial charge in [0.2, 0.25) is 11.8 Å². The first-order valence-corrected chi connectivity index (χ1v) is 6.54. The molecule has 1 aliphatic heterocycles. The SMILES string of the molecule is CN1CCN(C(=O)C2(C(=O)O)CCC2)C(C)(C)C1=O. The Balaban J connectivity index is 2.29. The molecule has 0 aromatic heterocycles. The van der Waals surface area contributed by atoms with E-state index in [1.165, 1.54) is 4.90 Å². The maximum absolute atomic E-state index is 12.6. The average Bonchev–Trinajstić information content (AvgIpc) is 2.23. The molecule has 2 aliphatic rings. The lowest BCUT2D eigenvalue weighted by Gasteiger charge is -2.49. The summed E-state index contributed by atoms with van der Waals surface area (Å²) in [7, 11) is 1.70. The third-order valence-electron chi connectivity index (χ3n) is 4.47. The van der Waals surface area contributed by atoms with Gasteiger partial charge in [-0.1, -0.05) is 6.42 Å². The van der Waals surface area contributed by atoms with Crippen molar-refractivity contribution in [2.45, 2.75) is 38.6 Å². The molecule has 2 amide bonds. The minimum atomic E-state index is -1.30. The second kappa shape index (κ2) is 4.21. The van der Waals surface area contributed by atoms with Gasteiger partial charge in [0.25, 0.3) is 0 Å². The predicted octanol–water partition coefficient (Wildman–Crippen LogP) is 0.320. The number of carbonyl (C=O) groups is 3. The van der Waals surface area contributed by atoms with Crippen molar-refractivity contribution >= 4 is 17.8 Å². The first kappa shape index (κ1) is 13.8. The summed E-state index contributed by atoms with van der Waals surface area (Å²) in [6.07, 6.45) is 1.50. The molecule has 0 radical (unpaired) electrons. The van der Waals surface area contributed by atoms with Crippen LogP contribution in [0.15, 0.2) is 0 Å². The number of hydrogen-bond acceptors (Lipinski definition) is 3. The zero-order valence-electron chi connectivity index (χ0n) is 11.6. The Labute approximate surface area is 112 Å². The van der Waals surface area contributed by atoms with Crippen LogP contribution in [0.25, 0.3) is 0 Å². The maximum Gasteiger partial charge on any atom is 0.319 e. The van der Waals surface area contributed by atoms with Crippen molar-refractivity contribution in [2.75, 3.05) is 20.1 Å². The van der Waals surface area contributed by atoms with Crippen molar-refractivity contribution in [3.63, 3.8) is 0 Å². The van der Waals surface area contributed by atoms with Gasteiger partial charge in [-0.05, 0) is 26.7 Å². The summed E-state index contributed by atoms with van der Waals surface area (Å²) in [5, 5.41) is 9.33. The van der Waals surface area contributed by atoms with Gasteiger partial charge in [-0.3, -0.25) is 14.4 Å². The summed E-state index contributed by atoms with van der Waals surface area (Å²) >= 11 is 0. The van der Waals surface area contributed by atoms with Crippen LogP contribution in [-0.2, 0) is 14.4 Å². The van der Waals surface area contributed by atoms with Crippen molar-refractivity contribution in [1.29, 1.82) is 0 Å². The van der Waals surface area contributed by atoms with Crippen molar-refractivity contribution in [3.8, 4) is 0 Å². The Morgan fingerprint density at radius 2 is 1.79 bits per heavy atom. The number of amides is 2. The van der Waals surface area contributed by atoms with Crippen LogP contribution in [0.5, 0.6) is 0 Å². The largest absolute Gasteiger partial charge is 0.480 e. The van der Waals surface area contributed by atoms with E-state index in [1.807, 2.05) is 0 Å². The molecule has 1 saturated heterocycles. The monoisotopic (exact) mass is 268 g/mol. The lowest BCUT2D eigenvalue weighted by atomic mass is 9.67. The first-order valence-electron chi connectivity index (χ1n) is 6.54. The molecule has 106 valence electrons. The molecule has 19 heavy (non-hydrogen) atoms. The smallest absolute Gasteiger partial charge is 0.319 e. The van der Waals surface area contributed by atoms with Crippen LogP contribution < -0.4 is 0 Å². The highest BCUT2D eigenvalue weighted by atomic mass is 16.4. The van der Waals surface area contributed by atoms with E-state index < -0.39 is 22.8 Å². The fraction of sp³-hybridized carbons (Fsp3) is 0.769. The molecular formula is C13H20N2O4. The first-order chi connectivity index (χ1) is 8.73. The van der Waals surface area contributed by atoms with Crippen LogP contribution in [0.2, 0.25) is 0 Å². The molecule has 0 aromatic rings. The summed E-state index contributed by atoms with van der Waals surface area (Å²) in [5.41, 5.74) is -2.27. The molecule has 1 saturated carbocycles. The zero-order chi connectivity index (χ0) is 14.4. The van der Waals surface area contributed by atoms with Gasteiger partial charge < -0.3 is 14.9 Å². The average molecular weight is 268 g/mol. The van der Waals surface area contributed by atoms with Gasteiger partial charge in [0, 0.05) is 20.1 Å². The maximum atomic E-state index is 12.6. The Kier molecular flexibility index (Phi) is 3.07. The van der Waals surface area contributed by atoms with Gasteiger partial charge in [0.05, 0.1) is 0 Å². The molecule has 1 N–H and O–H groups in total. The topological polar surface area (TPSA) is 77.9 Å². The van der Waals surface area contributed by atoms with Gasteiger partial charge in [-0.2, -0.15) is 0 Å². The van der Waals surface area contributed by atoms with E-state index >= 15 is 0 Å². The summed E-state index contributed by atoms with van der Waals surface area (Å²) in [5.74, 6) is -1.62. The fourth-order valence-corrected chi connectivity index (χ4v) is 2.88. The second-order valence-corrected chi connectivity index (χ2v) is 5.98. The number of aliphatic carboxylic acids is 1. The minimum Gasteiger partial charge on any atom is -0.480 e. The Hall–Kier alpha value is -1.59. The molecular weight excluding hydrogens is 248 g/mol. The van der Waals surface area contributed by atoms with E-state index in [0.29, 0.717) is 25.9 Å². The summed E-state index contributed by atoms with van der Waals surface area (Å²) in [6.45, 7) is 4.20. The summed E-state index contributed by atoms with van der Waals surface area (Å²) < 4.78 is 0. The highest BCUT2D eigenvalue weighted by Crippen LogP contribution is 2.44. The molecule has 0 aromatic carbocycles. The summed E-state index contributed by atoms with van der Waals surface area (Å²) in [4.78, 5) is 39.2. The molecule has 2 rings (SSSR count). The number of likely N-dealkylation sites (N-methyl/N-ethyl adjacent to an activating group) is 1. The molecule has 6 heteroatoms. The van der Waals surface area contributed by atoms with E-state index in [1.54, 1.807) is 25.8 Å². The third kappa shape index (κ3) is 1.81. The Bertz CT molecular complexity index is 440. The molecule has 1 aliphatic carbocycles. The minimum absolute atomic E-state index is 0.146. The number of carbonyl (C=O) groups excluding carboxylic acids is 2. The van der Waals surface area contributed by atoms with E-state index in [0.717, 1.165) is 6.42 Å². The van der Waals surface area contributed by atoms with E-state index in [2.05, 4.69) is 0 Å². The van der Waals surface area contributed by atoms with Gasteiger partial charge in [-0.25, -0.2) is 0 Å². The van der Waals surface area contributed by atoms with Crippen LogP contribution in [0.3, 0.4) is 0 Å². The molecule has 0 spiro atoms. The lowest BCUT2D eigenvalue weighted by molar-refractivity contribution is -0.176. The Morgan fingerprint density at radius 3 is 2.21 bits per heavy atom. The quantitative estimate of drug-likeness (QED) is 0.732. The van der Waals surface area contributed by atoms with Gasteiger partial charge in [-0.15, -0.1) is 0 Å². The van der Waals surface area contributed by atoms with Gasteiger partial charge >= 0.3 is 5.97 Å². The normalized spacial score (nSPS) is 24.9. The van der Waals surface area contributed by atoms with Crippen LogP contribution in [0.1, 0.15) is 33.1 Å². The molecule has 6 nitrogen and oxygen atoms in total. The molecule has 0 unspecified atom stereocenters. The van der Waals surface area contributed by atoms with Crippen LogP contribution in [-0.4, -0.2) is 58.4 Å². The van der Waals surface area contributed by atoms with Crippen molar-refractivity contribution in [2.24, 2.45) is 5.41 Å². The van der Waals surface area contributed by atoms with E-state index in [9.17, 15) is 19.5 Å². The van der Waals surface area contributed by atoms with Crippen molar-refractivity contribution < 1.29 is 19.5 Å². The number of hydrogen-bond donors (Lipinski definition) is 1. The molecule has 1 heterocycles. The van der Waals surface area contributed by atoms with Crippen molar-refractivity contribution in [1.82, 2.24) is 9.80 Å². The van der Waals surface area contributed by atoms with E-state index in [-0.39, 0.29) is 5.91 Å². The van der Waals surface area contributed by atoms with Gasteiger partial charge in [0.15, 0.2) is 0 Å². The fourth-order valence-electron chi connectivity index (χ4n) is 2.88. The van der Waals surface area contributed by atoms with Gasteiger partial charge in [0.1, 0.15) is 11.0 Å². The summed E-state index contributed by atoms with van der Waals surface area (Å²) in [6, 6.07) is 0. The number of carboxylic acids is 1. The highest BCUT2D eigenvalue weighted by molar-refractivity contribution is 6.05. The van der Waals surface area contributed by atoms with Crippen molar-refractivity contribution in [3.05, 3.63) is 0 Å². The number of rotatable bonds is 2. The van der Waals surface area contributed by atoms with E-state index in [4.69, 9.17) is 0 Å². The van der Waals surface area contributed by atoms with Crippen LogP contribution in [0.4, 0.5) is 0 Å². The number of nitrogens with zero attached hydrogens (tertiary/aromatic N) is 2. The predicted molar refractivity (Wildman–Crippen MR) is 67.3 cm³/mol. The van der Waals surface area contributed by atoms with Crippen LogP contribution >= 0.6 is 0 Å². The molecule has 2 fully saturated rings. The molecule has 0 bridgehead atoms. The number of piperazine rings is 1.